The van der Waals surface area contributed by atoms with Crippen molar-refractivity contribution < 1.29 is 14.3 Å². The van der Waals surface area contributed by atoms with Crippen LogP contribution < -0.4 is 10.9 Å². The molecule has 0 atom stereocenters. The van der Waals surface area contributed by atoms with Crippen molar-refractivity contribution in [2.24, 2.45) is 0 Å². The second-order valence-electron chi connectivity index (χ2n) is 7.58. The van der Waals surface area contributed by atoms with E-state index in [0.29, 0.717) is 23.4 Å². The highest BCUT2D eigenvalue weighted by Crippen LogP contribution is 2.20. The minimum Gasteiger partial charge on any atom is -0.396 e. The number of amides is 1. The summed E-state index contributed by atoms with van der Waals surface area (Å²) in [5, 5.41) is 12.2. The maximum Gasteiger partial charge on any atom is 0.257 e. The third kappa shape index (κ3) is 5.42. The van der Waals surface area contributed by atoms with Crippen LogP contribution in [0.2, 0.25) is 0 Å². The van der Waals surface area contributed by atoms with Crippen molar-refractivity contribution >= 4 is 5.91 Å². The number of halogens is 1. The molecule has 1 amide bonds. The molecule has 2 N–H and O–H groups in total. The van der Waals surface area contributed by atoms with Gasteiger partial charge in [0.2, 0.25) is 5.91 Å². The Kier molecular flexibility index (Phi) is 7.52. The number of carbonyl (C=O) groups excluding carboxylic acids is 1. The highest BCUT2D eigenvalue weighted by Gasteiger charge is 2.18. The third-order valence-corrected chi connectivity index (χ3v) is 5.37. The lowest BCUT2D eigenvalue weighted by atomic mass is 9.97. The topological polar surface area (TPSA) is 84.2 Å². The number of nitrogens with zero attached hydrogens (tertiary/aromatic N) is 2. The Labute approximate surface area is 175 Å². The van der Waals surface area contributed by atoms with Gasteiger partial charge in [-0.2, -0.15) is 0 Å². The fourth-order valence-corrected chi connectivity index (χ4v) is 3.79. The zero-order valence-corrected chi connectivity index (χ0v) is 17.3. The van der Waals surface area contributed by atoms with Crippen LogP contribution >= 0.6 is 0 Å². The molecular weight excluding hydrogens is 385 g/mol. The van der Waals surface area contributed by atoms with Gasteiger partial charge in [0.05, 0.1) is 0 Å². The van der Waals surface area contributed by atoms with E-state index >= 15 is 0 Å². The molecule has 30 heavy (non-hydrogen) atoms. The summed E-state index contributed by atoms with van der Waals surface area (Å²) in [6, 6.07) is 5.79. The van der Waals surface area contributed by atoms with Crippen molar-refractivity contribution in [3.63, 3.8) is 0 Å². The first-order valence-electron chi connectivity index (χ1n) is 10.4. The van der Waals surface area contributed by atoms with E-state index in [2.05, 4.69) is 16.4 Å². The van der Waals surface area contributed by atoms with E-state index in [9.17, 15) is 19.1 Å². The predicted octanol–water partition coefficient (Wildman–Crippen LogP) is 2.90. The summed E-state index contributed by atoms with van der Waals surface area (Å²) in [5.41, 5.74) is 2.22. The lowest BCUT2D eigenvalue weighted by Crippen LogP contribution is -2.36. The number of aliphatic hydroxyl groups excluding tert-OH is 1. The molecule has 0 saturated carbocycles. The monoisotopic (exact) mass is 413 g/mol. The minimum atomic E-state index is -0.449. The quantitative estimate of drug-likeness (QED) is 0.652. The first-order chi connectivity index (χ1) is 14.5. The molecule has 0 bridgehead atoms. The zero-order valence-electron chi connectivity index (χ0n) is 17.3. The van der Waals surface area contributed by atoms with Gasteiger partial charge in [-0.05, 0) is 51.2 Å². The number of aliphatic hydroxyl groups is 1. The molecule has 1 aromatic carbocycles. The lowest BCUT2D eigenvalue weighted by molar-refractivity contribution is -0.121. The molecule has 160 valence electrons. The maximum atomic E-state index is 13.8. The largest absolute Gasteiger partial charge is 0.396 e. The number of allylic oxidation sites excluding steroid dienone is 1. The van der Waals surface area contributed by atoms with Crippen LogP contribution in [0.1, 0.15) is 43.4 Å². The van der Waals surface area contributed by atoms with Gasteiger partial charge in [-0.1, -0.05) is 23.8 Å². The molecule has 1 aromatic heterocycles. The van der Waals surface area contributed by atoms with Gasteiger partial charge in [0.15, 0.2) is 0 Å². The smallest absolute Gasteiger partial charge is 0.257 e. The first kappa shape index (κ1) is 21.9. The van der Waals surface area contributed by atoms with Crippen LogP contribution in [0, 0.1) is 12.7 Å². The van der Waals surface area contributed by atoms with Crippen LogP contribution in [0.15, 0.2) is 40.7 Å². The summed E-state index contributed by atoms with van der Waals surface area (Å²) in [6.45, 7) is 1.78. The van der Waals surface area contributed by atoms with Gasteiger partial charge in [0.1, 0.15) is 18.2 Å². The summed E-state index contributed by atoms with van der Waals surface area (Å²) < 4.78 is 15.0. The van der Waals surface area contributed by atoms with E-state index < -0.39 is 5.82 Å². The third-order valence-electron chi connectivity index (χ3n) is 5.37. The Morgan fingerprint density at radius 3 is 2.83 bits per heavy atom. The van der Waals surface area contributed by atoms with Crippen molar-refractivity contribution in [3.8, 4) is 11.4 Å². The van der Waals surface area contributed by atoms with Crippen LogP contribution in [0.4, 0.5) is 4.39 Å². The van der Waals surface area contributed by atoms with Gasteiger partial charge >= 0.3 is 0 Å². The van der Waals surface area contributed by atoms with Crippen LogP contribution in [0.3, 0.4) is 0 Å². The van der Waals surface area contributed by atoms with Gasteiger partial charge in [-0.3, -0.25) is 14.2 Å². The van der Waals surface area contributed by atoms with Crippen molar-refractivity contribution in [2.75, 3.05) is 13.2 Å². The highest BCUT2D eigenvalue weighted by atomic mass is 19.1. The number of carbonyl (C=O) groups is 1. The summed E-state index contributed by atoms with van der Waals surface area (Å²) >= 11 is 0. The molecule has 2 aromatic rings. The van der Waals surface area contributed by atoms with Crippen LogP contribution in [0.25, 0.3) is 11.4 Å². The second kappa shape index (κ2) is 10.3. The molecular formula is C23H28FN3O3. The molecule has 0 saturated heterocycles. The highest BCUT2D eigenvalue weighted by molar-refractivity contribution is 5.76. The van der Waals surface area contributed by atoms with E-state index in [1.165, 1.54) is 41.2 Å². The number of benzene rings is 1. The van der Waals surface area contributed by atoms with Crippen molar-refractivity contribution in [3.05, 3.63) is 63.3 Å². The molecule has 0 spiro atoms. The number of rotatable bonds is 8. The van der Waals surface area contributed by atoms with Crippen LogP contribution in [-0.4, -0.2) is 33.7 Å². The van der Waals surface area contributed by atoms with E-state index in [0.717, 1.165) is 19.3 Å². The molecule has 3 rings (SSSR count). The Morgan fingerprint density at radius 1 is 1.30 bits per heavy atom. The van der Waals surface area contributed by atoms with E-state index in [4.69, 9.17) is 0 Å². The molecule has 0 unspecified atom stereocenters. The minimum absolute atomic E-state index is 0.150. The van der Waals surface area contributed by atoms with Gasteiger partial charge in [-0.25, -0.2) is 9.37 Å². The lowest BCUT2D eigenvalue weighted by Gasteiger charge is -2.16. The Balaban J connectivity index is 1.83. The standard InChI is InChI=1S/C23H28FN3O3/c1-16-20(11-13-28)23(30)27(22(26-16)18-8-5-9-19(24)14-18)15-21(29)25-12-10-17-6-3-2-4-7-17/h5-6,8-9,14,28H,2-4,7,10-13,15H2,1H3,(H,25,29). The van der Waals surface area contributed by atoms with Crippen molar-refractivity contribution in [1.82, 2.24) is 14.9 Å². The fourth-order valence-electron chi connectivity index (χ4n) is 3.79. The van der Waals surface area contributed by atoms with Crippen LogP contribution in [0.5, 0.6) is 0 Å². The van der Waals surface area contributed by atoms with Crippen LogP contribution in [-0.2, 0) is 17.8 Å². The Hall–Kier alpha value is -2.80. The first-order valence-corrected chi connectivity index (χ1v) is 10.4. The molecule has 6 nitrogen and oxygen atoms in total. The van der Waals surface area contributed by atoms with Gasteiger partial charge in [-0.15, -0.1) is 0 Å². The zero-order chi connectivity index (χ0) is 21.5. The molecule has 1 heterocycles. The van der Waals surface area contributed by atoms with Crippen molar-refractivity contribution in [1.29, 1.82) is 0 Å². The van der Waals surface area contributed by atoms with Gasteiger partial charge < -0.3 is 10.4 Å². The number of aromatic nitrogens is 2. The summed E-state index contributed by atoms with van der Waals surface area (Å²) in [7, 11) is 0. The summed E-state index contributed by atoms with van der Waals surface area (Å²) in [4.78, 5) is 30.1. The van der Waals surface area contributed by atoms with Crippen molar-refractivity contribution in [2.45, 2.75) is 52.0 Å². The maximum absolute atomic E-state index is 13.8. The predicted molar refractivity (Wildman–Crippen MR) is 114 cm³/mol. The Bertz CT molecular complexity index is 998. The Morgan fingerprint density at radius 2 is 2.13 bits per heavy atom. The average molecular weight is 413 g/mol. The molecule has 0 fully saturated rings. The fraction of sp³-hybridized carbons (Fsp3) is 0.435. The molecule has 7 heteroatoms. The number of hydrogen-bond donors (Lipinski definition) is 2. The van der Waals surface area contributed by atoms with E-state index in [1.807, 2.05) is 0 Å². The SMILES string of the molecule is Cc1nc(-c2cccc(F)c2)n(CC(=O)NCCC2=CCCCC2)c(=O)c1CCO. The summed E-state index contributed by atoms with van der Waals surface area (Å²) in [6.07, 6.45) is 7.78. The van der Waals surface area contributed by atoms with E-state index in [1.54, 1.807) is 13.0 Å². The molecule has 1 aliphatic rings. The molecule has 0 radical (unpaired) electrons. The molecule has 1 aliphatic carbocycles. The number of hydrogen-bond acceptors (Lipinski definition) is 4. The van der Waals surface area contributed by atoms with E-state index in [-0.39, 0.29) is 36.9 Å². The number of nitrogens with one attached hydrogen (secondary N) is 1. The molecule has 0 aliphatic heterocycles. The number of aryl methyl sites for hydroxylation is 1. The van der Waals surface area contributed by atoms with Gasteiger partial charge in [0.25, 0.3) is 5.56 Å². The van der Waals surface area contributed by atoms with Gasteiger partial charge in [0, 0.05) is 36.4 Å². The second-order valence-corrected chi connectivity index (χ2v) is 7.58. The average Bonchev–Trinajstić information content (AvgIpc) is 2.74. The summed E-state index contributed by atoms with van der Waals surface area (Å²) in [5.74, 6) is -0.508. The normalized spacial score (nSPS) is 13.8.